The molecule has 0 unspecified atom stereocenters. The summed E-state index contributed by atoms with van der Waals surface area (Å²) in [4.78, 5) is 3.63. The number of pyridine rings is 1. The van der Waals surface area contributed by atoms with Gasteiger partial charge in [-0.15, -0.1) is 0 Å². The predicted molar refractivity (Wildman–Crippen MR) is 49.2 cm³/mol. The summed E-state index contributed by atoms with van der Waals surface area (Å²) in [6, 6.07) is 0.933. The molecule has 0 aliphatic heterocycles. The van der Waals surface area contributed by atoms with Crippen molar-refractivity contribution in [3.63, 3.8) is 0 Å². The van der Waals surface area contributed by atoms with Crippen LogP contribution in [-0.2, 0) is 11.8 Å². The van der Waals surface area contributed by atoms with E-state index in [2.05, 4.69) is 4.98 Å². The average Bonchev–Trinajstić information content (AvgIpc) is 2.00. The lowest BCUT2D eigenvalue weighted by Gasteiger charge is -2.19. The second kappa shape index (κ2) is 3.48. The first-order valence-corrected chi connectivity index (χ1v) is 4.39. The molecule has 1 aromatic rings. The van der Waals surface area contributed by atoms with E-state index in [9.17, 15) is 18.3 Å². The number of aryl methyl sites for hydroxylation is 1. The Bertz CT molecular complexity index is 366. The van der Waals surface area contributed by atoms with E-state index in [0.717, 1.165) is 6.07 Å². The fraction of sp³-hybridized carbons (Fsp3) is 0.500. The molecular formula is C10H12F3NO. The monoisotopic (exact) mass is 219 g/mol. The van der Waals surface area contributed by atoms with Crippen LogP contribution in [0.15, 0.2) is 12.3 Å². The minimum absolute atomic E-state index is 0.0875. The van der Waals surface area contributed by atoms with Crippen LogP contribution in [0.3, 0.4) is 0 Å². The number of hydrogen-bond acceptors (Lipinski definition) is 2. The number of alkyl halides is 3. The largest absolute Gasteiger partial charge is 0.418 e. The summed E-state index contributed by atoms with van der Waals surface area (Å²) in [6.45, 7) is 4.12. The Kier molecular flexibility index (Phi) is 2.78. The Labute approximate surface area is 85.8 Å². The van der Waals surface area contributed by atoms with Crippen molar-refractivity contribution in [1.82, 2.24) is 4.98 Å². The Morgan fingerprint density at radius 3 is 2.20 bits per heavy atom. The lowest BCUT2D eigenvalue weighted by atomic mass is 9.98. The third kappa shape index (κ3) is 2.68. The first-order valence-electron chi connectivity index (χ1n) is 4.39. The van der Waals surface area contributed by atoms with Gasteiger partial charge in [-0.1, -0.05) is 0 Å². The molecule has 1 rings (SSSR count). The first kappa shape index (κ1) is 12.0. The van der Waals surface area contributed by atoms with Gasteiger partial charge in [-0.2, -0.15) is 13.2 Å². The Balaban J connectivity index is 3.30. The molecule has 0 spiro atoms. The van der Waals surface area contributed by atoms with E-state index in [1.54, 1.807) is 0 Å². The highest BCUT2D eigenvalue weighted by Crippen LogP contribution is 2.33. The highest BCUT2D eigenvalue weighted by molar-refractivity contribution is 5.29. The van der Waals surface area contributed by atoms with Crippen molar-refractivity contribution in [2.45, 2.75) is 32.5 Å². The zero-order valence-electron chi connectivity index (χ0n) is 8.68. The molecule has 0 aliphatic rings. The van der Waals surface area contributed by atoms with Crippen molar-refractivity contribution in [2.24, 2.45) is 0 Å². The Hall–Kier alpha value is -1.10. The molecule has 0 saturated carbocycles. The minimum atomic E-state index is -4.43. The van der Waals surface area contributed by atoms with Gasteiger partial charge in [0.2, 0.25) is 0 Å². The first-order chi connectivity index (χ1) is 6.62. The van der Waals surface area contributed by atoms with Gasteiger partial charge in [0.05, 0.1) is 11.2 Å². The number of rotatable bonds is 1. The van der Waals surface area contributed by atoms with Crippen molar-refractivity contribution in [2.75, 3.05) is 0 Å². The summed E-state index contributed by atoms with van der Waals surface area (Å²) in [5.41, 5.74) is -2.06. The van der Waals surface area contributed by atoms with Crippen LogP contribution in [0.5, 0.6) is 0 Å². The molecule has 0 radical (unpaired) electrons. The normalized spacial score (nSPS) is 13.0. The van der Waals surface area contributed by atoms with E-state index in [-0.39, 0.29) is 11.3 Å². The Morgan fingerprint density at radius 1 is 1.27 bits per heavy atom. The summed E-state index contributed by atoms with van der Waals surface area (Å²) in [5.74, 6) is 0. The van der Waals surface area contributed by atoms with Crippen molar-refractivity contribution in [1.29, 1.82) is 0 Å². The molecule has 0 aliphatic carbocycles. The van der Waals surface area contributed by atoms with Gasteiger partial charge in [-0.3, -0.25) is 4.98 Å². The van der Waals surface area contributed by atoms with Crippen molar-refractivity contribution < 1.29 is 18.3 Å². The smallest absolute Gasteiger partial charge is 0.386 e. The molecule has 0 bridgehead atoms. The fourth-order valence-corrected chi connectivity index (χ4v) is 1.15. The maximum absolute atomic E-state index is 12.5. The van der Waals surface area contributed by atoms with Crippen LogP contribution in [0, 0.1) is 6.92 Å². The van der Waals surface area contributed by atoms with Crippen LogP contribution in [-0.4, -0.2) is 10.1 Å². The third-order valence-corrected chi connectivity index (χ3v) is 2.10. The summed E-state index contributed by atoms with van der Waals surface area (Å²) in [6.07, 6.45) is -3.18. The van der Waals surface area contributed by atoms with Gasteiger partial charge in [-0.25, -0.2) is 0 Å². The maximum Gasteiger partial charge on any atom is 0.418 e. The number of aliphatic hydroxyl groups is 1. The zero-order valence-corrected chi connectivity index (χ0v) is 8.68. The summed E-state index contributed by atoms with van der Waals surface area (Å²) < 4.78 is 37.5. The molecule has 0 aromatic carbocycles. The van der Waals surface area contributed by atoms with Crippen LogP contribution >= 0.6 is 0 Å². The highest BCUT2D eigenvalue weighted by atomic mass is 19.4. The maximum atomic E-state index is 12.5. The van der Waals surface area contributed by atoms with E-state index in [0.29, 0.717) is 0 Å². The zero-order chi connectivity index (χ0) is 11.9. The highest BCUT2D eigenvalue weighted by Gasteiger charge is 2.34. The van der Waals surface area contributed by atoms with Crippen molar-refractivity contribution >= 4 is 0 Å². The molecule has 1 N–H and O–H groups in total. The molecule has 1 aromatic heterocycles. The van der Waals surface area contributed by atoms with Crippen LogP contribution in [0.1, 0.15) is 30.7 Å². The van der Waals surface area contributed by atoms with Gasteiger partial charge >= 0.3 is 6.18 Å². The molecule has 1 heterocycles. The molecule has 2 nitrogen and oxygen atoms in total. The molecule has 0 saturated heterocycles. The van der Waals surface area contributed by atoms with E-state index in [1.165, 1.54) is 27.0 Å². The van der Waals surface area contributed by atoms with Gasteiger partial charge in [-0.05, 0) is 26.8 Å². The molecule has 0 fully saturated rings. The number of aromatic nitrogens is 1. The quantitative estimate of drug-likeness (QED) is 0.787. The topological polar surface area (TPSA) is 33.1 Å². The average molecular weight is 219 g/mol. The summed E-state index contributed by atoms with van der Waals surface area (Å²) in [7, 11) is 0. The van der Waals surface area contributed by atoms with Crippen LogP contribution in [0.25, 0.3) is 0 Å². The van der Waals surface area contributed by atoms with Gasteiger partial charge in [0, 0.05) is 17.5 Å². The molecule has 84 valence electrons. The van der Waals surface area contributed by atoms with E-state index < -0.39 is 17.3 Å². The van der Waals surface area contributed by atoms with Gasteiger partial charge in [0.25, 0.3) is 0 Å². The lowest BCUT2D eigenvalue weighted by Crippen LogP contribution is -2.18. The number of hydrogen-bond donors (Lipinski definition) is 1. The molecular weight excluding hydrogens is 207 g/mol. The molecule has 15 heavy (non-hydrogen) atoms. The Morgan fingerprint density at radius 2 is 1.80 bits per heavy atom. The van der Waals surface area contributed by atoms with Crippen LogP contribution < -0.4 is 0 Å². The van der Waals surface area contributed by atoms with Crippen molar-refractivity contribution in [3.05, 3.63) is 29.1 Å². The second-order valence-corrected chi connectivity index (χ2v) is 3.91. The van der Waals surface area contributed by atoms with Crippen LogP contribution in [0.2, 0.25) is 0 Å². The predicted octanol–water partition coefficient (Wildman–Crippen LogP) is 2.64. The standard InChI is InChI=1S/C10H12F3NO/c1-6-8(10(11,12)13)4-7(5-14-6)9(2,3)15/h4-5,15H,1-3H3. The molecule has 0 atom stereocenters. The fourth-order valence-electron chi connectivity index (χ4n) is 1.15. The van der Waals surface area contributed by atoms with Gasteiger partial charge < -0.3 is 5.11 Å². The van der Waals surface area contributed by atoms with Crippen LogP contribution in [0.4, 0.5) is 13.2 Å². The van der Waals surface area contributed by atoms with Gasteiger partial charge in [0.15, 0.2) is 0 Å². The van der Waals surface area contributed by atoms with E-state index in [1.807, 2.05) is 0 Å². The van der Waals surface area contributed by atoms with Gasteiger partial charge in [0.1, 0.15) is 0 Å². The second-order valence-electron chi connectivity index (χ2n) is 3.91. The third-order valence-electron chi connectivity index (χ3n) is 2.10. The summed E-state index contributed by atoms with van der Waals surface area (Å²) in [5, 5.41) is 9.56. The SMILES string of the molecule is Cc1ncc(C(C)(C)O)cc1C(F)(F)F. The van der Waals surface area contributed by atoms with E-state index >= 15 is 0 Å². The number of nitrogens with zero attached hydrogens (tertiary/aromatic N) is 1. The summed E-state index contributed by atoms with van der Waals surface area (Å²) >= 11 is 0. The van der Waals surface area contributed by atoms with Crippen molar-refractivity contribution in [3.8, 4) is 0 Å². The number of halogens is 3. The molecule has 5 heteroatoms. The minimum Gasteiger partial charge on any atom is -0.386 e. The molecule has 0 amide bonds. The van der Waals surface area contributed by atoms with E-state index in [4.69, 9.17) is 0 Å². The lowest BCUT2D eigenvalue weighted by molar-refractivity contribution is -0.138.